The zero-order chi connectivity index (χ0) is 40.8. The van der Waals surface area contributed by atoms with Gasteiger partial charge in [-0.1, -0.05) is 178 Å². The minimum atomic E-state index is 0.00583. The van der Waals surface area contributed by atoms with E-state index in [1.165, 1.54) is 112 Å². The molecule has 0 radical (unpaired) electrons. The van der Waals surface area contributed by atoms with E-state index in [2.05, 4.69) is 163 Å². The predicted molar refractivity (Wildman–Crippen MR) is 252 cm³/mol. The van der Waals surface area contributed by atoms with Gasteiger partial charge >= 0.3 is 0 Å². The molecule has 4 aromatic rings. The Labute approximate surface area is 354 Å². The molecule has 0 fully saturated rings. The molecule has 3 aliphatic rings. The van der Waals surface area contributed by atoms with E-state index in [4.69, 9.17) is 0 Å². The Kier molecular flexibility index (Phi) is 13.6. The highest BCUT2D eigenvalue weighted by atomic mass is 15.2. The number of aryl methyl sites for hydroxylation is 3. The second-order valence-corrected chi connectivity index (χ2v) is 19.0. The van der Waals surface area contributed by atoms with Crippen LogP contribution in [0.2, 0.25) is 0 Å². The number of allylic oxidation sites excluding steroid dienone is 3. The molecule has 3 unspecified atom stereocenters. The number of hydrogen-bond donors (Lipinski definition) is 0. The topological polar surface area (TPSA) is 3.24 Å². The van der Waals surface area contributed by atoms with Crippen molar-refractivity contribution in [3.63, 3.8) is 0 Å². The molecule has 0 heterocycles. The molecular weight excluding hydrogens is 699 g/mol. The van der Waals surface area contributed by atoms with Crippen LogP contribution < -0.4 is 4.90 Å². The van der Waals surface area contributed by atoms with Gasteiger partial charge in [0.1, 0.15) is 0 Å². The number of nitrogens with zero attached hydrogens (tertiary/aromatic N) is 1. The molecule has 3 atom stereocenters. The Bertz CT molecular complexity index is 2000. The summed E-state index contributed by atoms with van der Waals surface area (Å²) in [6.45, 7) is 16.6. The van der Waals surface area contributed by atoms with Gasteiger partial charge in [-0.05, 0) is 145 Å². The van der Waals surface area contributed by atoms with Crippen LogP contribution in [-0.2, 0) is 30.1 Å². The predicted octanol–water partition coefficient (Wildman–Crippen LogP) is 16.2. The van der Waals surface area contributed by atoms with Crippen molar-refractivity contribution in [3.8, 4) is 11.1 Å². The van der Waals surface area contributed by atoms with Crippen molar-refractivity contribution in [1.29, 1.82) is 0 Å². The summed E-state index contributed by atoms with van der Waals surface area (Å²) in [5.74, 6) is 0.926. The third-order valence-electron chi connectivity index (χ3n) is 15.9. The molecular formula is C57H75N. The number of benzene rings is 4. The molecule has 1 heteroatoms. The lowest BCUT2D eigenvalue weighted by molar-refractivity contribution is 0.262. The van der Waals surface area contributed by atoms with Crippen LogP contribution in [0, 0.1) is 5.92 Å². The molecule has 0 saturated heterocycles. The van der Waals surface area contributed by atoms with Gasteiger partial charge in [-0.2, -0.15) is 0 Å². The monoisotopic (exact) mass is 774 g/mol. The maximum absolute atomic E-state index is 2.77. The molecule has 3 aliphatic carbocycles. The number of anilines is 1. The van der Waals surface area contributed by atoms with Gasteiger partial charge in [0.15, 0.2) is 0 Å². The normalized spacial score (nSPS) is 19.6. The lowest BCUT2D eigenvalue weighted by atomic mass is 9.65. The highest BCUT2D eigenvalue weighted by molar-refractivity contribution is 5.69. The van der Waals surface area contributed by atoms with Gasteiger partial charge < -0.3 is 4.90 Å². The summed E-state index contributed by atoms with van der Waals surface area (Å²) in [5, 5.41) is 0. The zero-order valence-corrected chi connectivity index (χ0v) is 37.5. The first-order valence-electron chi connectivity index (χ1n) is 23.8. The van der Waals surface area contributed by atoms with Crippen molar-refractivity contribution in [2.45, 2.75) is 180 Å². The molecule has 1 nitrogen and oxygen atoms in total. The maximum atomic E-state index is 2.77. The molecule has 0 amide bonds. The molecule has 0 bridgehead atoms. The van der Waals surface area contributed by atoms with Crippen LogP contribution in [0.25, 0.3) is 11.1 Å². The van der Waals surface area contributed by atoms with Crippen LogP contribution >= 0.6 is 0 Å². The molecule has 7 rings (SSSR count). The van der Waals surface area contributed by atoms with Gasteiger partial charge in [0.2, 0.25) is 0 Å². The van der Waals surface area contributed by atoms with Crippen molar-refractivity contribution in [3.05, 3.63) is 148 Å². The largest absolute Gasteiger partial charge is 0.336 e. The average molecular weight is 774 g/mol. The summed E-state index contributed by atoms with van der Waals surface area (Å²) in [4.78, 5) is 2.72. The Hall–Kier alpha value is -3.84. The fourth-order valence-corrected chi connectivity index (χ4v) is 11.0. The van der Waals surface area contributed by atoms with Crippen molar-refractivity contribution >= 4 is 5.69 Å². The summed E-state index contributed by atoms with van der Waals surface area (Å²) >= 11 is 0. The molecule has 0 aliphatic heterocycles. The Morgan fingerprint density at radius 2 is 1.28 bits per heavy atom. The van der Waals surface area contributed by atoms with Gasteiger partial charge in [0.25, 0.3) is 0 Å². The Morgan fingerprint density at radius 3 is 1.90 bits per heavy atom. The summed E-state index contributed by atoms with van der Waals surface area (Å²) < 4.78 is 0. The molecule has 0 aromatic heterocycles. The van der Waals surface area contributed by atoms with Crippen LogP contribution in [0.5, 0.6) is 0 Å². The van der Waals surface area contributed by atoms with E-state index in [0.29, 0.717) is 11.8 Å². The van der Waals surface area contributed by atoms with Gasteiger partial charge in [0, 0.05) is 28.3 Å². The summed E-state index contributed by atoms with van der Waals surface area (Å²) in [7, 11) is 0. The third-order valence-corrected chi connectivity index (χ3v) is 15.9. The maximum Gasteiger partial charge on any atom is 0.0418 e. The van der Waals surface area contributed by atoms with Gasteiger partial charge in [-0.25, -0.2) is 0 Å². The number of hydrogen-bond acceptors (Lipinski definition) is 1. The summed E-state index contributed by atoms with van der Waals surface area (Å²) in [6, 6.07) is 35.8. The van der Waals surface area contributed by atoms with E-state index in [9.17, 15) is 0 Å². The fraction of sp³-hybridized carbons (Fsp3) is 0.509. The molecule has 4 aromatic carbocycles. The van der Waals surface area contributed by atoms with Crippen LogP contribution in [0.4, 0.5) is 5.69 Å². The number of rotatable bonds is 21. The van der Waals surface area contributed by atoms with Crippen molar-refractivity contribution in [2.75, 3.05) is 4.90 Å². The van der Waals surface area contributed by atoms with Crippen LogP contribution in [0.1, 0.15) is 178 Å². The molecule has 0 spiro atoms. The van der Waals surface area contributed by atoms with Crippen LogP contribution in [0.3, 0.4) is 0 Å². The highest BCUT2D eigenvalue weighted by Gasteiger charge is 2.50. The summed E-state index contributed by atoms with van der Waals surface area (Å²) in [5.41, 5.74) is 15.1. The SMILES string of the molecule is CCCCCCC1(CCCCCCc2ccc3c(c2)CC3)c2ccccc2C2C=CC(N(c3ccc(-c4ccc(C(C)(CC)CC)cc4)cc3)C(C)(CC)CC)=CC21. The van der Waals surface area contributed by atoms with Gasteiger partial charge in [-0.15, -0.1) is 0 Å². The first-order chi connectivity index (χ1) is 28.2. The molecule has 308 valence electrons. The fourth-order valence-electron chi connectivity index (χ4n) is 11.0. The highest BCUT2D eigenvalue weighted by Crippen LogP contribution is 2.59. The van der Waals surface area contributed by atoms with Crippen LogP contribution in [-0.4, -0.2) is 5.54 Å². The van der Waals surface area contributed by atoms with Gasteiger partial charge in [-0.3, -0.25) is 0 Å². The van der Waals surface area contributed by atoms with E-state index in [1.807, 2.05) is 0 Å². The average Bonchev–Trinajstić information content (AvgIpc) is 3.53. The van der Waals surface area contributed by atoms with Gasteiger partial charge in [0.05, 0.1) is 0 Å². The standard InChI is InChI=1S/C57H75N/c1-8-13-14-20-39-57(40-21-16-15-17-22-43-25-26-46-27-28-47(46)41-43)53-24-19-18-23-51(53)52-38-37-50(42-54(52)57)58(56(7,11-4)12-5)49-35-31-45(32-36-49)44-29-33-48(34-30-44)55(6,9-2)10-3/h18-19,23-26,29-38,41-42,52,54H,8-17,20-22,27-28,39-40H2,1-7H3. The Morgan fingerprint density at radius 1 is 0.638 bits per heavy atom. The van der Waals surface area contributed by atoms with E-state index in [1.54, 1.807) is 27.8 Å². The quantitative estimate of drug-likeness (QED) is 0.0762. The lowest BCUT2D eigenvalue weighted by Crippen LogP contribution is -2.46. The lowest BCUT2D eigenvalue weighted by Gasteiger charge is -2.46. The zero-order valence-electron chi connectivity index (χ0n) is 37.5. The first-order valence-corrected chi connectivity index (χ1v) is 23.8. The minimum Gasteiger partial charge on any atom is -0.336 e. The van der Waals surface area contributed by atoms with Crippen molar-refractivity contribution < 1.29 is 0 Å². The summed E-state index contributed by atoms with van der Waals surface area (Å²) in [6.07, 6.45) is 29.3. The third kappa shape index (κ3) is 8.44. The van der Waals surface area contributed by atoms with E-state index >= 15 is 0 Å². The van der Waals surface area contributed by atoms with Crippen LogP contribution in [0.15, 0.2) is 115 Å². The second kappa shape index (κ2) is 18.6. The first kappa shape index (κ1) is 42.3. The number of fused-ring (bicyclic) bond motifs is 4. The van der Waals surface area contributed by atoms with E-state index in [-0.39, 0.29) is 16.4 Å². The Balaban J connectivity index is 1.16. The van der Waals surface area contributed by atoms with E-state index < -0.39 is 0 Å². The van der Waals surface area contributed by atoms with Crippen molar-refractivity contribution in [2.24, 2.45) is 5.92 Å². The molecule has 58 heavy (non-hydrogen) atoms. The minimum absolute atomic E-state index is 0.00583. The number of unbranched alkanes of at least 4 members (excludes halogenated alkanes) is 6. The van der Waals surface area contributed by atoms with Crippen molar-refractivity contribution in [1.82, 2.24) is 0 Å². The molecule has 0 saturated carbocycles. The smallest absolute Gasteiger partial charge is 0.0418 e. The molecule has 0 N–H and O–H groups in total. The van der Waals surface area contributed by atoms with E-state index in [0.717, 1.165) is 25.7 Å². The second-order valence-electron chi connectivity index (χ2n) is 19.0.